The topological polar surface area (TPSA) is 55.1 Å². The van der Waals surface area contributed by atoms with E-state index < -0.39 is 5.97 Å². The van der Waals surface area contributed by atoms with Crippen LogP contribution in [0.3, 0.4) is 0 Å². The fourth-order valence-corrected chi connectivity index (χ4v) is 1.97. The molecule has 2 aromatic rings. The van der Waals surface area contributed by atoms with Crippen molar-refractivity contribution in [2.75, 3.05) is 0 Å². The molecule has 0 fully saturated rings. The summed E-state index contributed by atoms with van der Waals surface area (Å²) in [6.45, 7) is 4.06. The van der Waals surface area contributed by atoms with Gasteiger partial charge in [-0.1, -0.05) is 17.7 Å². The van der Waals surface area contributed by atoms with E-state index in [0.717, 1.165) is 16.8 Å². The Morgan fingerprint density at radius 2 is 2.06 bits per heavy atom. The molecule has 1 aromatic carbocycles. The summed E-state index contributed by atoms with van der Waals surface area (Å²) in [5.74, 6) is -0.842. The Labute approximate surface area is 106 Å². The maximum Gasteiger partial charge on any atom is 0.309 e. The van der Waals surface area contributed by atoms with E-state index in [-0.39, 0.29) is 6.42 Å². The first kappa shape index (κ1) is 12.4. The molecule has 0 atom stereocenters. The van der Waals surface area contributed by atoms with Crippen molar-refractivity contribution in [3.63, 3.8) is 0 Å². The van der Waals surface area contributed by atoms with Crippen molar-refractivity contribution in [1.82, 2.24) is 9.78 Å². The second kappa shape index (κ2) is 4.64. The summed E-state index contributed by atoms with van der Waals surface area (Å²) in [7, 11) is 1.77. The lowest BCUT2D eigenvalue weighted by Gasteiger charge is -2.03. The molecular weight excluding hydrogens is 228 g/mol. The average molecular weight is 244 g/mol. The van der Waals surface area contributed by atoms with E-state index in [1.807, 2.05) is 19.9 Å². The third-order valence-electron chi connectivity index (χ3n) is 2.98. The highest BCUT2D eigenvalue weighted by molar-refractivity contribution is 5.71. The minimum atomic E-state index is -0.842. The van der Waals surface area contributed by atoms with Crippen molar-refractivity contribution >= 4 is 5.97 Å². The maximum absolute atomic E-state index is 10.7. The van der Waals surface area contributed by atoms with E-state index in [0.29, 0.717) is 5.69 Å². The Hall–Kier alpha value is -2.10. The number of aromatic nitrogens is 2. The zero-order valence-corrected chi connectivity index (χ0v) is 10.8. The smallest absolute Gasteiger partial charge is 0.309 e. The van der Waals surface area contributed by atoms with Crippen LogP contribution in [0.25, 0.3) is 11.3 Å². The normalized spacial score (nSPS) is 10.6. The molecule has 0 amide bonds. The van der Waals surface area contributed by atoms with Crippen molar-refractivity contribution < 1.29 is 9.90 Å². The van der Waals surface area contributed by atoms with Crippen LogP contribution in [0.4, 0.5) is 0 Å². The molecule has 18 heavy (non-hydrogen) atoms. The first-order valence-corrected chi connectivity index (χ1v) is 5.79. The van der Waals surface area contributed by atoms with E-state index in [9.17, 15) is 4.79 Å². The molecule has 0 spiro atoms. The van der Waals surface area contributed by atoms with Gasteiger partial charge in [-0.05, 0) is 31.5 Å². The molecule has 1 aromatic heterocycles. The SMILES string of the molecule is Cc1ccc(C)c(-c2cc(CC(=O)O)n(C)n2)c1. The fourth-order valence-electron chi connectivity index (χ4n) is 1.97. The second-order valence-corrected chi connectivity index (χ2v) is 4.53. The van der Waals surface area contributed by atoms with Gasteiger partial charge in [-0.2, -0.15) is 5.10 Å². The quantitative estimate of drug-likeness (QED) is 0.901. The Morgan fingerprint density at radius 1 is 1.33 bits per heavy atom. The first-order chi connectivity index (χ1) is 8.47. The zero-order valence-electron chi connectivity index (χ0n) is 10.8. The van der Waals surface area contributed by atoms with E-state index in [1.54, 1.807) is 11.7 Å². The summed E-state index contributed by atoms with van der Waals surface area (Å²) in [5, 5.41) is 13.2. The summed E-state index contributed by atoms with van der Waals surface area (Å²) in [6, 6.07) is 8.02. The molecule has 4 nitrogen and oxygen atoms in total. The molecule has 94 valence electrons. The van der Waals surface area contributed by atoms with E-state index in [4.69, 9.17) is 5.11 Å². The minimum Gasteiger partial charge on any atom is -0.481 e. The summed E-state index contributed by atoms with van der Waals surface area (Å²) < 4.78 is 1.63. The summed E-state index contributed by atoms with van der Waals surface area (Å²) in [4.78, 5) is 10.7. The van der Waals surface area contributed by atoms with Crippen LogP contribution in [0.2, 0.25) is 0 Å². The third-order valence-corrected chi connectivity index (χ3v) is 2.98. The summed E-state index contributed by atoms with van der Waals surface area (Å²) >= 11 is 0. The van der Waals surface area contributed by atoms with Gasteiger partial charge < -0.3 is 5.11 Å². The number of carbonyl (C=O) groups is 1. The Kier molecular flexibility index (Phi) is 3.19. The summed E-state index contributed by atoms with van der Waals surface area (Å²) in [6.07, 6.45) is -0.00559. The fraction of sp³-hybridized carbons (Fsp3) is 0.286. The summed E-state index contributed by atoms with van der Waals surface area (Å²) in [5.41, 5.74) is 4.90. The van der Waals surface area contributed by atoms with Crippen molar-refractivity contribution in [2.45, 2.75) is 20.3 Å². The van der Waals surface area contributed by atoms with Gasteiger partial charge >= 0.3 is 5.97 Å². The average Bonchev–Trinajstić information content (AvgIpc) is 2.63. The third kappa shape index (κ3) is 2.42. The number of aryl methyl sites for hydroxylation is 3. The largest absolute Gasteiger partial charge is 0.481 e. The highest BCUT2D eigenvalue weighted by Gasteiger charge is 2.11. The standard InChI is InChI=1S/C14H16N2O2/c1-9-4-5-10(2)12(6-9)13-7-11(8-14(17)18)16(3)15-13/h4-7H,8H2,1-3H3,(H,17,18). The number of benzene rings is 1. The maximum atomic E-state index is 10.7. The van der Waals surface area contributed by atoms with Gasteiger partial charge in [0.1, 0.15) is 0 Å². The van der Waals surface area contributed by atoms with Crippen LogP contribution < -0.4 is 0 Å². The van der Waals surface area contributed by atoms with E-state index >= 15 is 0 Å². The highest BCUT2D eigenvalue weighted by atomic mass is 16.4. The van der Waals surface area contributed by atoms with Crippen molar-refractivity contribution in [2.24, 2.45) is 7.05 Å². The lowest BCUT2D eigenvalue weighted by Crippen LogP contribution is -2.05. The van der Waals surface area contributed by atoms with Gasteiger partial charge in [0, 0.05) is 18.3 Å². The van der Waals surface area contributed by atoms with Crippen LogP contribution in [0.5, 0.6) is 0 Å². The van der Waals surface area contributed by atoms with Crippen molar-refractivity contribution in [3.8, 4) is 11.3 Å². The minimum absolute atomic E-state index is 0.00559. The van der Waals surface area contributed by atoms with E-state index in [1.165, 1.54) is 5.56 Å². The molecule has 0 aliphatic heterocycles. The van der Waals surface area contributed by atoms with Crippen molar-refractivity contribution in [1.29, 1.82) is 0 Å². The van der Waals surface area contributed by atoms with Crippen LogP contribution in [-0.2, 0) is 18.3 Å². The first-order valence-electron chi connectivity index (χ1n) is 5.79. The molecule has 4 heteroatoms. The van der Waals surface area contributed by atoms with Crippen LogP contribution in [0, 0.1) is 13.8 Å². The molecule has 0 saturated carbocycles. The molecule has 0 bridgehead atoms. The molecule has 0 saturated heterocycles. The van der Waals surface area contributed by atoms with Gasteiger partial charge in [-0.15, -0.1) is 0 Å². The molecule has 0 unspecified atom stereocenters. The number of carboxylic acids is 1. The highest BCUT2D eigenvalue weighted by Crippen LogP contribution is 2.24. The molecule has 1 N–H and O–H groups in total. The van der Waals surface area contributed by atoms with Crippen LogP contribution in [0.15, 0.2) is 24.3 Å². The number of carboxylic acid groups (broad SMARTS) is 1. The van der Waals surface area contributed by atoms with Gasteiger partial charge in [-0.25, -0.2) is 0 Å². The van der Waals surface area contributed by atoms with Gasteiger partial charge in [0.15, 0.2) is 0 Å². The van der Waals surface area contributed by atoms with Gasteiger partial charge in [0.05, 0.1) is 12.1 Å². The molecule has 1 heterocycles. The molecule has 0 aliphatic carbocycles. The molecule has 0 aliphatic rings. The lowest BCUT2D eigenvalue weighted by molar-refractivity contribution is -0.136. The number of aliphatic carboxylic acids is 1. The lowest BCUT2D eigenvalue weighted by atomic mass is 10.0. The van der Waals surface area contributed by atoms with Crippen molar-refractivity contribution in [3.05, 3.63) is 41.1 Å². The van der Waals surface area contributed by atoms with Crippen LogP contribution in [-0.4, -0.2) is 20.9 Å². The Balaban J connectivity index is 2.45. The second-order valence-electron chi connectivity index (χ2n) is 4.53. The number of nitrogens with zero attached hydrogens (tertiary/aromatic N) is 2. The van der Waals surface area contributed by atoms with Gasteiger partial charge in [-0.3, -0.25) is 9.48 Å². The Bertz CT molecular complexity index is 600. The predicted octanol–water partition coefficient (Wildman–Crippen LogP) is 2.33. The Morgan fingerprint density at radius 3 is 2.72 bits per heavy atom. The van der Waals surface area contributed by atoms with Crippen LogP contribution >= 0.6 is 0 Å². The number of hydrogen-bond donors (Lipinski definition) is 1. The van der Waals surface area contributed by atoms with Gasteiger partial charge in [0.2, 0.25) is 0 Å². The zero-order chi connectivity index (χ0) is 13.3. The monoisotopic (exact) mass is 244 g/mol. The van der Waals surface area contributed by atoms with Crippen LogP contribution in [0.1, 0.15) is 16.8 Å². The molecule has 2 rings (SSSR count). The molecule has 0 radical (unpaired) electrons. The number of hydrogen-bond acceptors (Lipinski definition) is 2. The molecular formula is C14H16N2O2. The number of rotatable bonds is 3. The predicted molar refractivity (Wildman–Crippen MR) is 69.5 cm³/mol. The van der Waals surface area contributed by atoms with Gasteiger partial charge in [0.25, 0.3) is 0 Å². The van der Waals surface area contributed by atoms with E-state index in [2.05, 4.69) is 23.3 Å².